The first kappa shape index (κ1) is 15.7. The number of hydrogen-bond acceptors (Lipinski definition) is 3. The Labute approximate surface area is 137 Å². The normalized spacial score (nSPS) is 10.5. The van der Waals surface area contributed by atoms with Crippen LogP contribution in [-0.4, -0.2) is 24.9 Å². The van der Waals surface area contributed by atoms with E-state index in [-0.39, 0.29) is 24.9 Å². The molecule has 2 aromatic carbocycles. The fourth-order valence-electron chi connectivity index (χ4n) is 2.34. The molecule has 3 rings (SSSR count). The maximum absolute atomic E-state index is 12.8. The molecule has 122 valence electrons. The maximum Gasteiger partial charge on any atom is 0.252 e. The summed E-state index contributed by atoms with van der Waals surface area (Å²) in [6.45, 7) is 0.545. The van der Waals surface area contributed by atoms with Crippen LogP contribution in [0.2, 0.25) is 0 Å². The van der Waals surface area contributed by atoms with Crippen molar-refractivity contribution in [1.29, 1.82) is 0 Å². The standard InChI is InChI=1S/C18H15FN2O3/c19-13-6-4-12(5-7-13)17(22)20-9-10-21-18(23)15-2-1-3-16-14(15)8-11-24-16/h1-8,11H,9-10H2,(H,20,22)(H,21,23). The third-order valence-electron chi connectivity index (χ3n) is 3.54. The Kier molecular flexibility index (Phi) is 4.56. The molecule has 0 bridgehead atoms. The molecule has 0 unspecified atom stereocenters. The average molecular weight is 326 g/mol. The largest absolute Gasteiger partial charge is 0.464 e. The van der Waals surface area contributed by atoms with Crippen molar-refractivity contribution < 1.29 is 18.4 Å². The van der Waals surface area contributed by atoms with E-state index >= 15 is 0 Å². The van der Waals surface area contributed by atoms with Crippen molar-refractivity contribution in [2.24, 2.45) is 0 Å². The van der Waals surface area contributed by atoms with Crippen LogP contribution in [0.3, 0.4) is 0 Å². The van der Waals surface area contributed by atoms with Gasteiger partial charge in [-0.25, -0.2) is 4.39 Å². The van der Waals surface area contributed by atoms with Gasteiger partial charge < -0.3 is 15.1 Å². The van der Waals surface area contributed by atoms with Gasteiger partial charge in [0, 0.05) is 24.0 Å². The molecule has 1 aromatic heterocycles. The predicted molar refractivity (Wildman–Crippen MR) is 87.3 cm³/mol. The summed E-state index contributed by atoms with van der Waals surface area (Å²) in [6.07, 6.45) is 1.53. The van der Waals surface area contributed by atoms with Crippen LogP contribution in [0.1, 0.15) is 20.7 Å². The number of carbonyl (C=O) groups excluding carboxylic acids is 2. The maximum atomic E-state index is 12.8. The minimum Gasteiger partial charge on any atom is -0.464 e. The van der Waals surface area contributed by atoms with Crippen molar-refractivity contribution in [3.05, 3.63) is 71.7 Å². The molecule has 0 spiro atoms. The molecule has 0 saturated carbocycles. The van der Waals surface area contributed by atoms with Gasteiger partial charge in [0.05, 0.1) is 11.8 Å². The Morgan fingerprint density at radius 3 is 2.38 bits per heavy atom. The molecule has 0 aliphatic heterocycles. The quantitative estimate of drug-likeness (QED) is 0.708. The van der Waals surface area contributed by atoms with E-state index < -0.39 is 5.82 Å². The molecule has 0 radical (unpaired) electrons. The average Bonchev–Trinajstić information content (AvgIpc) is 3.07. The SMILES string of the molecule is O=C(NCCNC(=O)c1cccc2occc12)c1ccc(F)cc1. The van der Waals surface area contributed by atoms with E-state index in [1.165, 1.54) is 30.5 Å². The highest BCUT2D eigenvalue weighted by molar-refractivity contribution is 6.05. The van der Waals surface area contributed by atoms with E-state index in [1.807, 2.05) is 0 Å². The summed E-state index contributed by atoms with van der Waals surface area (Å²) in [4.78, 5) is 24.1. The first-order valence-electron chi connectivity index (χ1n) is 7.43. The number of hydrogen-bond donors (Lipinski definition) is 2. The van der Waals surface area contributed by atoms with Crippen molar-refractivity contribution in [3.8, 4) is 0 Å². The minimum absolute atomic E-state index is 0.238. The summed E-state index contributed by atoms with van der Waals surface area (Å²) in [5.41, 5.74) is 1.53. The number of amides is 2. The van der Waals surface area contributed by atoms with Gasteiger partial charge in [-0.05, 0) is 42.5 Å². The van der Waals surface area contributed by atoms with Crippen LogP contribution in [-0.2, 0) is 0 Å². The zero-order chi connectivity index (χ0) is 16.9. The summed E-state index contributed by atoms with van der Waals surface area (Å²) in [7, 11) is 0. The van der Waals surface area contributed by atoms with Crippen LogP contribution in [0.15, 0.2) is 59.2 Å². The first-order valence-corrected chi connectivity index (χ1v) is 7.43. The van der Waals surface area contributed by atoms with E-state index in [0.717, 1.165) is 5.39 Å². The van der Waals surface area contributed by atoms with Gasteiger partial charge in [0.15, 0.2) is 0 Å². The monoisotopic (exact) mass is 326 g/mol. The molecule has 6 heteroatoms. The van der Waals surface area contributed by atoms with Gasteiger partial charge in [0.2, 0.25) is 0 Å². The fraction of sp³-hybridized carbons (Fsp3) is 0.111. The predicted octanol–water partition coefficient (Wildman–Crippen LogP) is 2.73. The minimum atomic E-state index is -0.396. The topological polar surface area (TPSA) is 71.3 Å². The highest BCUT2D eigenvalue weighted by Crippen LogP contribution is 2.19. The second-order valence-corrected chi connectivity index (χ2v) is 5.16. The molecule has 1 heterocycles. The van der Waals surface area contributed by atoms with Gasteiger partial charge in [-0.3, -0.25) is 9.59 Å². The van der Waals surface area contributed by atoms with E-state index in [0.29, 0.717) is 16.7 Å². The second kappa shape index (κ2) is 6.95. The summed E-state index contributed by atoms with van der Waals surface area (Å²) in [5.74, 6) is -0.952. The molecule has 2 N–H and O–H groups in total. The van der Waals surface area contributed by atoms with Crippen LogP contribution in [0.4, 0.5) is 4.39 Å². The lowest BCUT2D eigenvalue weighted by Crippen LogP contribution is -2.34. The first-order chi connectivity index (χ1) is 11.6. The Balaban J connectivity index is 1.51. The number of carbonyl (C=O) groups is 2. The molecule has 0 atom stereocenters. The van der Waals surface area contributed by atoms with Crippen molar-refractivity contribution >= 4 is 22.8 Å². The smallest absolute Gasteiger partial charge is 0.252 e. The van der Waals surface area contributed by atoms with Gasteiger partial charge in [-0.15, -0.1) is 0 Å². The molecule has 0 saturated heterocycles. The van der Waals surface area contributed by atoms with Crippen LogP contribution in [0.5, 0.6) is 0 Å². The number of furan rings is 1. The van der Waals surface area contributed by atoms with Crippen LogP contribution >= 0.6 is 0 Å². The Morgan fingerprint density at radius 2 is 1.62 bits per heavy atom. The van der Waals surface area contributed by atoms with E-state index in [2.05, 4.69) is 10.6 Å². The zero-order valence-electron chi connectivity index (χ0n) is 12.7. The van der Waals surface area contributed by atoms with E-state index in [9.17, 15) is 14.0 Å². The fourth-order valence-corrected chi connectivity index (χ4v) is 2.34. The van der Waals surface area contributed by atoms with Crippen LogP contribution in [0.25, 0.3) is 11.0 Å². The molecule has 0 aliphatic rings. The van der Waals surface area contributed by atoms with Crippen molar-refractivity contribution in [1.82, 2.24) is 10.6 Å². The van der Waals surface area contributed by atoms with Gasteiger partial charge in [0.1, 0.15) is 11.4 Å². The summed E-state index contributed by atoms with van der Waals surface area (Å²) >= 11 is 0. The third kappa shape index (κ3) is 3.43. The van der Waals surface area contributed by atoms with Gasteiger partial charge in [-0.2, -0.15) is 0 Å². The summed E-state index contributed by atoms with van der Waals surface area (Å²) < 4.78 is 18.1. The highest BCUT2D eigenvalue weighted by atomic mass is 19.1. The molecular weight excluding hydrogens is 311 g/mol. The molecule has 2 amide bonds. The summed E-state index contributed by atoms with van der Waals surface area (Å²) in [5, 5.41) is 6.15. The molecule has 24 heavy (non-hydrogen) atoms. The van der Waals surface area contributed by atoms with Crippen molar-refractivity contribution in [2.45, 2.75) is 0 Å². The van der Waals surface area contributed by atoms with Gasteiger partial charge in [-0.1, -0.05) is 6.07 Å². The number of benzene rings is 2. The number of fused-ring (bicyclic) bond motifs is 1. The third-order valence-corrected chi connectivity index (χ3v) is 3.54. The van der Waals surface area contributed by atoms with E-state index in [1.54, 1.807) is 24.3 Å². The van der Waals surface area contributed by atoms with Crippen LogP contribution in [0, 0.1) is 5.82 Å². The Morgan fingerprint density at radius 1 is 0.917 bits per heavy atom. The lowest BCUT2D eigenvalue weighted by molar-refractivity contribution is 0.0928. The molecule has 0 aliphatic carbocycles. The Hall–Kier alpha value is -3.15. The number of rotatable bonds is 5. The van der Waals surface area contributed by atoms with Gasteiger partial charge >= 0.3 is 0 Å². The molecule has 3 aromatic rings. The molecule has 5 nitrogen and oxygen atoms in total. The zero-order valence-corrected chi connectivity index (χ0v) is 12.7. The highest BCUT2D eigenvalue weighted by Gasteiger charge is 2.11. The lowest BCUT2D eigenvalue weighted by Gasteiger charge is -2.08. The van der Waals surface area contributed by atoms with Crippen LogP contribution < -0.4 is 10.6 Å². The molecule has 0 fully saturated rings. The Bertz CT molecular complexity index is 871. The van der Waals surface area contributed by atoms with E-state index in [4.69, 9.17) is 4.42 Å². The summed E-state index contributed by atoms with van der Waals surface area (Å²) in [6, 6.07) is 12.2. The van der Waals surface area contributed by atoms with Crippen molar-refractivity contribution in [2.75, 3.05) is 13.1 Å². The number of nitrogens with one attached hydrogen (secondary N) is 2. The molecular formula is C18H15FN2O3. The van der Waals surface area contributed by atoms with Crippen molar-refractivity contribution in [3.63, 3.8) is 0 Å². The lowest BCUT2D eigenvalue weighted by atomic mass is 10.1. The second-order valence-electron chi connectivity index (χ2n) is 5.16. The number of halogens is 1. The van der Waals surface area contributed by atoms with Gasteiger partial charge in [0.25, 0.3) is 11.8 Å².